The van der Waals surface area contributed by atoms with Crippen molar-refractivity contribution in [3.05, 3.63) is 47.2 Å². The second-order valence-corrected chi connectivity index (χ2v) is 7.41. The summed E-state index contributed by atoms with van der Waals surface area (Å²) in [6.07, 6.45) is 2.45. The highest BCUT2D eigenvalue weighted by molar-refractivity contribution is 7.86. The first-order valence-electron chi connectivity index (χ1n) is 8.03. The topological polar surface area (TPSA) is 97.4 Å². The number of rotatable bonds is 6. The summed E-state index contributed by atoms with van der Waals surface area (Å²) in [6.45, 7) is 0. The van der Waals surface area contributed by atoms with E-state index in [-0.39, 0.29) is 23.0 Å². The molecule has 1 heterocycles. The summed E-state index contributed by atoms with van der Waals surface area (Å²) in [5.74, 6) is 1.36. The molecule has 0 amide bonds. The van der Waals surface area contributed by atoms with Crippen LogP contribution < -0.4 is 23.1 Å². The molecule has 1 aliphatic heterocycles. The van der Waals surface area contributed by atoms with Crippen molar-refractivity contribution in [3.8, 4) is 28.7 Å². The SMILES string of the molecule is COc1cc(OC)c(OC)cc1C=C1Oc2cc(OS(C)(=O)=O)ccc2C1=O. The molecule has 0 aromatic heterocycles. The van der Waals surface area contributed by atoms with Crippen LogP contribution in [0.1, 0.15) is 15.9 Å². The van der Waals surface area contributed by atoms with Crippen molar-refractivity contribution >= 4 is 22.0 Å². The average Bonchev–Trinajstić information content (AvgIpc) is 2.95. The van der Waals surface area contributed by atoms with Crippen molar-refractivity contribution < 1.29 is 36.3 Å². The van der Waals surface area contributed by atoms with Gasteiger partial charge in [0, 0.05) is 17.7 Å². The van der Waals surface area contributed by atoms with E-state index in [1.807, 2.05) is 0 Å². The van der Waals surface area contributed by atoms with Crippen LogP contribution in [0.5, 0.6) is 28.7 Å². The van der Waals surface area contributed by atoms with Gasteiger partial charge in [-0.15, -0.1) is 0 Å². The van der Waals surface area contributed by atoms with E-state index in [0.29, 0.717) is 28.4 Å². The third kappa shape index (κ3) is 3.89. The van der Waals surface area contributed by atoms with E-state index >= 15 is 0 Å². The standard InChI is InChI=1S/C19H18O8S/c1-23-14-10-17(25-3)16(24-2)7-11(14)8-18-19(20)13-6-5-12(9-15(13)26-18)27-28(4,21)22/h5-10H,1-4H3. The molecule has 0 fully saturated rings. The van der Waals surface area contributed by atoms with Gasteiger partial charge >= 0.3 is 10.1 Å². The van der Waals surface area contributed by atoms with E-state index in [2.05, 4.69) is 0 Å². The summed E-state index contributed by atoms with van der Waals surface area (Å²) in [7, 11) is 0.803. The van der Waals surface area contributed by atoms with Crippen LogP contribution in [0.15, 0.2) is 36.1 Å². The molecule has 1 aliphatic rings. The number of benzene rings is 2. The van der Waals surface area contributed by atoms with Gasteiger partial charge in [0.05, 0.1) is 33.1 Å². The van der Waals surface area contributed by atoms with Crippen LogP contribution in [0.25, 0.3) is 6.08 Å². The van der Waals surface area contributed by atoms with E-state index in [1.165, 1.54) is 45.6 Å². The number of carbonyl (C=O) groups excluding carboxylic acids is 1. The van der Waals surface area contributed by atoms with Crippen LogP contribution >= 0.6 is 0 Å². The van der Waals surface area contributed by atoms with Gasteiger partial charge in [0.25, 0.3) is 0 Å². The minimum Gasteiger partial charge on any atom is -0.496 e. The van der Waals surface area contributed by atoms with Crippen LogP contribution in [0, 0.1) is 0 Å². The van der Waals surface area contributed by atoms with Crippen LogP contribution in [0.3, 0.4) is 0 Å². The number of ether oxygens (including phenoxy) is 4. The minimum absolute atomic E-state index is 0.0528. The Morgan fingerprint density at radius 1 is 0.929 bits per heavy atom. The van der Waals surface area contributed by atoms with Crippen molar-refractivity contribution in [2.24, 2.45) is 0 Å². The van der Waals surface area contributed by atoms with Gasteiger partial charge < -0.3 is 23.1 Å². The highest BCUT2D eigenvalue weighted by atomic mass is 32.2. The van der Waals surface area contributed by atoms with Crippen LogP contribution in [0.2, 0.25) is 0 Å². The van der Waals surface area contributed by atoms with Gasteiger partial charge in [0.1, 0.15) is 17.2 Å². The number of methoxy groups -OCH3 is 3. The van der Waals surface area contributed by atoms with Gasteiger partial charge in [-0.1, -0.05) is 0 Å². The molecule has 9 heteroatoms. The normalized spacial score (nSPS) is 14.4. The minimum atomic E-state index is -3.69. The Morgan fingerprint density at radius 2 is 1.57 bits per heavy atom. The summed E-state index contributed by atoms with van der Waals surface area (Å²) >= 11 is 0. The molecule has 0 radical (unpaired) electrons. The molecule has 2 aromatic carbocycles. The Morgan fingerprint density at radius 3 is 2.18 bits per heavy atom. The number of allylic oxidation sites excluding steroid dienone is 1. The van der Waals surface area contributed by atoms with Gasteiger partial charge in [-0.2, -0.15) is 8.42 Å². The third-order valence-corrected chi connectivity index (χ3v) is 4.41. The van der Waals surface area contributed by atoms with E-state index < -0.39 is 10.1 Å². The monoisotopic (exact) mass is 406 g/mol. The van der Waals surface area contributed by atoms with Gasteiger partial charge in [-0.3, -0.25) is 4.79 Å². The second-order valence-electron chi connectivity index (χ2n) is 5.83. The molecule has 28 heavy (non-hydrogen) atoms. The molecule has 0 atom stereocenters. The molecular weight excluding hydrogens is 388 g/mol. The Kier molecular flexibility index (Phi) is 5.19. The van der Waals surface area contributed by atoms with Crippen LogP contribution in [-0.4, -0.2) is 41.8 Å². The molecule has 3 rings (SSSR count). The molecule has 8 nitrogen and oxygen atoms in total. The fraction of sp³-hybridized carbons (Fsp3) is 0.211. The molecular formula is C19H18O8S. The summed E-state index contributed by atoms with van der Waals surface area (Å²) in [5.41, 5.74) is 0.843. The van der Waals surface area contributed by atoms with Crippen molar-refractivity contribution in [2.45, 2.75) is 0 Å². The Hall–Kier alpha value is -3.20. The van der Waals surface area contributed by atoms with Crippen molar-refractivity contribution in [3.63, 3.8) is 0 Å². The summed E-state index contributed by atoms with van der Waals surface area (Å²) in [5, 5.41) is 0. The quantitative estimate of drug-likeness (QED) is 0.534. The van der Waals surface area contributed by atoms with Crippen LogP contribution in [0.4, 0.5) is 0 Å². The van der Waals surface area contributed by atoms with Gasteiger partial charge in [0.15, 0.2) is 17.3 Å². The Labute approximate surface area is 162 Å². The Balaban J connectivity index is 1.99. The summed E-state index contributed by atoms with van der Waals surface area (Å²) < 4.78 is 48.9. The van der Waals surface area contributed by atoms with Gasteiger partial charge in [-0.05, 0) is 24.3 Å². The number of hydrogen-bond donors (Lipinski definition) is 0. The molecule has 0 bridgehead atoms. The van der Waals surface area contributed by atoms with Gasteiger partial charge in [-0.25, -0.2) is 0 Å². The lowest BCUT2D eigenvalue weighted by Gasteiger charge is -2.12. The first-order valence-corrected chi connectivity index (χ1v) is 9.85. The lowest BCUT2D eigenvalue weighted by molar-refractivity contribution is 0.101. The molecule has 2 aromatic rings. The van der Waals surface area contributed by atoms with E-state index in [0.717, 1.165) is 6.26 Å². The lowest BCUT2D eigenvalue weighted by Crippen LogP contribution is -2.05. The maximum absolute atomic E-state index is 12.6. The molecule has 0 unspecified atom stereocenters. The second kappa shape index (κ2) is 7.43. The summed E-state index contributed by atoms with van der Waals surface area (Å²) in [6, 6.07) is 7.48. The average molecular weight is 406 g/mol. The highest BCUT2D eigenvalue weighted by Crippen LogP contribution is 2.39. The number of hydrogen-bond acceptors (Lipinski definition) is 8. The Bertz CT molecular complexity index is 1070. The zero-order chi connectivity index (χ0) is 20.5. The predicted octanol–water partition coefficient (Wildman–Crippen LogP) is 2.67. The number of ketones is 1. The number of Topliss-reactive ketones (excluding diaryl/α,β-unsaturated/α-hetero) is 1. The highest BCUT2D eigenvalue weighted by Gasteiger charge is 2.28. The third-order valence-electron chi connectivity index (χ3n) is 3.91. The molecule has 0 aliphatic carbocycles. The van der Waals surface area contributed by atoms with E-state index in [9.17, 15) is 13.2 Å². The zero-order valence-corrected chi connectivity index (χ0v) is 16.5. The largest absolute Gasteiger partial charge is 0.496 e. The van der Waals surface area contributed by atoms with E-state index in [4.69, 9.17) is 23.1 Å². The van der Waals surface area contributed by atoms with E-state index in [1.54, 1.807) is 12.1 Å². The molecule has 148 valence electrons. The van der Waals surface area contributed by atoms with Crippen molar-refractivity contribution in [2.75, 3.05) is 27.6 Å². The molecule has 0 saturated heterocycles. The van der Waals surface area contributed by atoms with Gasteiger partial charge in [0.2, 0.25) is 5.78 Å². The smallest absolute Gasteiger partial charge is 0.306 e. The lowest BCUT2D eigenvalue weighted by atomic mass is 10.1. The fourth-order valence-electron chi connectivity index (χ4n) is 2.70. The molecule has 0 spiro atoms. The maximum Gasteiger partial charge on any atom is 0.306 e. The maximum atomic E-state index is 12.6. The van der Waals surface area contributed by atoms with Crippen molar-refractivity contribution in [1.29, 1.82) is 0 Å². The number of fused-ring (bicyclic) bond motifs is 1. The predicted molar refractivity (Wildman–Crippen MR) is 101 cm³/mol. The van der Waals surface area contributed by atoms with Crippen molar-refractivity contribution in [1.82, 2.24) is 0 Å². The fourth-order valence-corrected chi connectivity index (χ4v) is 3.15. The molecule has 0 N–H and O–H groups in total. The number of carbonyl (C=O) groups is 1. The summed E-state index contributed by atoms with van der Waals surface area (Å²) in [4.78, 5) is 12.6. The van der Waals surface area contributed by atoms with Crippen LogP contribution in [-0.2, 0) is 10.1 Å². The molecule has 0 saturated carbocycles. The first-order chi connectivity index (χ1) is 13.3. The first kappa shape index (κ1) is 19.6. The zero-order valence-electron chi connectivity index (χ0n) is 15.6.